The molecule has 0 atom stereocenters. The van der Waals surface area contributed by atoms with Crippen LogP contribution >= 0.6 is 27.7 Å². The number of hydrogen-bond acceptors (Lipinski definition) is 2. The van der Waals surface area contributed by atoms with Crippen LogP contribution in [0, 0.1) is 0 Å². The Bertz CT molecular complexity index is 208. The second-order valence-corrected chi connectivity index (χ2v) is 7.30. The van der Waals surface area contributed by atoms with Crippen molar-refractivity contribution in [3.63, 3.8) is 0 Å². The van der Waals surface area contributed by atoms with Crippen LogP contribution in [0.5, 0.6) is 0 Å². The predicted octanol–water partition coefficient (Wildman–Crippen LogP) is 2.17. The molecule has 0 aromatic rings. The molecule has 1 N–H and O–H groups in total. The van der Waals surface area contributed by atoms with Crippen LogP contribution in [-0.2, 0) is 4.79 Å². The molecule has 1 amide bonds. The van der Waals surface area contributed by atoms with Gasteiger partial charge in [-0.25, -0.2) is 0 Å². The smallest absolute Gasteiger partial charge is 0.236 e. The Morgan fingerprint density at radius 3 is 2.46 bits per heavy atom. The summed E-state index contributed by atoms with van der Waals surface area (Å²) in [4.78, 5) is 11.5. The number of carbonyl (C=O) groups is 1. The largest absolute Gasteiger partial charge is 0.354 e. The van der Waals surface area contributed by atoms with Gasteiger partial charge >= 0.3 is 0 Å². The fraction of sp³-hybridized carbons (Fsp3) is 0.889. The van der Waals surface area contributed by atoms with Crippen LogP contribution in [0.4, 0.5) is 0 Å². The van der Waals surface area contributed by atoms with E-state index in [1.165, 1.54) is 12.8 Å². The molecule has 2 nitrogen and oxygen atoms in total. The summed E-state index contributed by atoms with van der Waals surface area (Å²) in [5.41, 5.74) is 0. The lowest BCUT2D eigenvalue weighted by Gasteiger charge is -2.19. The van der Waals surface area contributed by atoms with Gasteiger partial charge in [0.05, 0.1) is 4.32 Å². The van der Waals surface area contributed by atoms with Gasteiger partial charge in [-0.2, -0.15) is 11.8 Å². The summed E-state index contributed by atoms with van der Waals surface area (Å²) in [7, 11) is 0. The molecule has 0 heterocycles. The van der Waals surface area contributed by atoms with Gasteiger partial charge in [0.25, 0.3) is 0 Å². The molecule has 0 radical (unpaired) electrons. The van der Waals surface area contributed by atoms with Crippen molar-refractivity contribution in [2.75, 3.05) is 12.8 Å². The van der Waals surface area contributed by atoms with Gasteiger partial charge in [-0.1, -0.05) is 15.9 Å². The van der Waals surface area contributed by atoms with Gasteiger partial charge in [0.15, 0.2) is 0 Å². The molecule has 1 saturated carbocycles. The fourth-order valence-corrected chi connectivity index (χ4v) is 1.91. The number of thioether (sulfide) groups is 1. The number of carbonyl (C=O) groups excluding carboxylic acids is 1. The minimum atomic E-state index is -0.443. The molecule has 0 unspecified atom stereocenters. The zero-order valence-corrected chi connectivity index (χ0v) is 10.7. The molecule has 1 aliphatic carbocycles. The number of amides is 1. The van der Waals surface area contributed by atoms with E-state index in [-0.39, 0.29) is 5.91 Å². The van der Waals surface area contributed by atoms with Gasteiger partial charge in [0, 0.05) is 11.3 Å². The van der Waals surface area contributed by atoms with Crippen molar-refractivity contribution >= 4 is 33.6 Å². The molecule has 13 heavy (non-hydrogen) atoms. The van der Waals surface area contributed by atoms with Gasteiger partial charge < -0.3 is 5.32 Å². The zero-order chi connectivity index (χ0) is 10.1. The molecule has 0 aliphatic heterocycles. The topological polar surface area (TPSA) is 29.1 Å². The van der Waals surface area contributed by atoms with Crippen molar-refractivity contribution in [3.8, 4) is 0 Å². The first-order valence-electron chi connectivity index (χ1n) is 4.42. The Kier molecular flexibility index (Phi) is 3.33. The van der Waals surface area contributed by atoms with E-state index in [1.807, 2.05) is 25.6 Å². The van der Waals surface area contributed by atoms with E-state index < -0.39 is 4.32 Å². The summed E-state index contributed by atoms with van der Waals surface area (Å²) in [6.07, 6.45) is 4.58. The standard InChI is InChI=1S/C9H16BrNOS/c1-8(2,10)7(12)11-6-9(13-3)4-5-9/h4-6H2,1-3H3,(H,11,12). The zero-order valence-electron chi connectivity index (χ0n) is 8.32. The summed E-state index contributed by atoms with van der Waals surface area (Å²) in [5.74, 6) is 0.0767. The second-order valence-electron chi connectivity index (χ2n) is 4.04. The van der Waals surface area contributed by atoms with Gasteiger partial charge in [-0.3, -0.25) is 4.79 Å². The third kappa shape index (κ3) is 3.17. The highest BCUT2D eigenvalue weighted by Gasteiger charge is 2.42. The highest BCUT2D eigenvalue weighted by atomic mass is 79.9. The van der Waals surface area contributed by atoms with Gasteiger partial charge in [0.2, 0.25) is 5.91 Å². The quantitative estimate of drug-likeness (QED) is 0.790. The van der Waals surface area contributed by atoms with Crippen LogP contribution < -0.4 is 5.32 Å². The second kappa shape index (κ2) is 3.81. The first-order valence-corrected chi connectivity index (χ1v) is 6.44. The van der Waals surface area contributed by atoms with E-state index >= 15 is 0 Å². The molecule has 0 bridgehead atoms. The van der Waals surface area contributed by atoms with Crippen LogP contribution in [0.2, 0.25) is 0 Å². The highest BCUT2D eigenvalue weighted by Crippen LogP contribution is 2.46. The molecule has 1 fully saturated rings. The number of nitrogens with one attached hydrogen (secondary N) is 1. The Balaban J connectivity index is 2.31. The van der Waals surface area contributed by atoms with E-state index in [2.05, 4.69) is 27.5 Å². The number of alkyl halides is 1. The highest BCUT2D eigenvalue weighted by molar-refractivity contribution is 9.10. The number of hydrogen-bond donors (Lipinski definition) is 1. The maximum Gasteiger partial charge on any atom is 0.236 e. The normalized spacial score (nSPS) is 19.7. The van der Waals surface area contributed by atoms with Crippen molar-refractivity contribution < 1.29 is 4.79 Å². The van der Waals surface area contributed by atoms with Crippen molar-refractivity contribution in [1.29, 1.82) is 0 Å². The lowest BCUT2D eigenvalue weighted by Crippen LogP contribution is -2.41. The van der Waals surface area contributed by atoms with Crippen LogP contribution in [0.15, 0.2) is 0 Å². The van der Waals surface area contributed by atoms with Crippen LogP contribution in [0.3, 0.4) is 0 Å². The summed E-state index contributed by atoms with van der Waals surface area (Å²) in [6, 6.07) is 0. The first kappa shape index (κ1) is 11.4. The third-order valence-electron chi connectivity index (χ3n) is 2.35. The molecule has 0 aromatic heterocycles. The minimum Gasteiger partial charge on any atom is -0.354 e. The van der Waals surface area contributed by atoms with Crippen LogP contribution in [-0.4, -0.2) is 27.8 Å². The molecule has 1 rings (SSSR count). The van der Waals surface area contributed by atoms with E-state index in [0.29, 0.717) is 4.75 Å². The fourth-order valence-electron chi connectivity index (χ4n) is 1.04. The molecule has 0 aromatic carbocycles. The van der Waals surface area contributed by atoms with Gasteiger partial charge in [0.1, 0.15) is 0 Å². The van der Waals surface area contributed by atoms with Crippen LogP contribution in [0.25, 0.3) is 0 Å². The lowest BCUT2D eigenvalue weighted by atomic mass is 10.2. The van der Waals surface area contributed by atoms with Crippen molar-refractivity contribution in [1.82, 2.24) is 5.32 Å². The summed E-state index contributed by atoms with van der Waals surface area (Å²) in [6.45, 7) is 4.53. The Hall–Kier alpha value is 0.300. The molecular weight excluding hydrogens is 250 g/mol. The Morgan fingerprint density at radius 2 is 2.15 bits per heavy atom. The first-order chi connectivity index (χ1) is 5.90. The summed E-state index contributed by atoms with van der Waals surface area (Å²) in [5, 5.41) is 2.97. The Morgan fingerprint density at radius 1 is 1.62 bits per heavy atom. The molecule has 1 aliphatic rings. The number of halogens is 1. The molecule has 4 heteroatoms. The van der Waals surface area contributed by atoms with E-state index in [9.17, 15) is 4.79 Å². The predicted molar refractivity (Wildman–Crippen MR) is 61.5 cm³/mol. The maximum atomic E-state index is 11.5. The average Bonchev–Trinajstić information content (AvgIpc) is 2.79. The van der Waals surface area contributed by atoms with Crippen LogP contribution in [0.1, 0.15) is 26.7 Å². The monoisotopic (exact) mass is 265 g/mol. The van der Waals surface area contributed by atoms with E-state index in [4.69, 9.17) is 0 Å². The summed E-state index contributed by atoms with van der Waals surface area (Å²) < 4.78 is -0.0879. The molecule has 76 valence electrons. The van der Waals surface area contributed by atoms with Crippen molar-refractivity contribution in [3.05, 3.63) is 0 Å². The van der Waals surface area contributed by atoms with Crippen molar-refractivity contribution in [2.45, 2.75) is 35.8 Å². The lowest BCUT2D eigenvalue weighted by molar-refractivity contribution is -0.122. The average molecular weight is 266 g/mol. The SMILES string of the molecule is CSC1(CNC(=O)C(C)(C)Br)CC1. The molecule has 0 saturated heterocycles. The van der Waals surface area contributed by atoms with E-state index in [1.54, 1.807) is 0 Å². The van der Waals surface area contributed by atoms with E-state index in [0.717, 1.165) is 6.54 Å². The number of rotatable bonds is 4. The van der Waals surface area contributed by atoms with Crippen molar-refractivity contribution in [2.24, 2.45) is 0 Å². The minimum absolute atomic E-state index is 0.0767. The molecular formula is C9H16BrNOS. The molecule has 0 spiro atoms. The summed E-state index contributed by atoms with van der Waals surface area (Å²) >= 11 is 5.20. The maximum absolute atomic E-state index is 11.5. The van der Waals surface area contributed by atoms with Gasteiger partial charge in [-0.15, -0.1) is 0 Å². The Labute approximate surface area is 92.4 Å². The van der Waals surface area contributed by atoms with Gasteiger partial charge in [-0.05, 0) is 32.9 Å². The third-order valence-corrected chi connectivity index (χ3v) is 4.13.